The molecule has 2 amide bonds. The molecule has 136 valence electrons. The van der Waals surface area contributed by atoms with Gasteiger partial charge in [0.15, 0.2) is 0 Å². The Kier molecular flexibility index (Phi) is 5.84. The van der Waals surface area contributed by atoms with Crippen LogP contribution in [-0.2, 0) is 16.0 Å². The molecule has 0 radical (unpaired) electrons. The third-order valence-corrected chi connectivity index (χ3v) is 5.04. The number of nitrogens with one attached hydrogen (secondary N) is 2. The molecule has 2 aromatic carbocycles. The Balaban J connectivity index is 1.69. The van der Waals surface area contributed by atoms with E-state index in [9.17, 15) is 9.59 Å². The zero-order valence-electron chi connectivity index (χ0n) is 14.4. The van der Waals surface area contributed by atoms with Gasteiger partial charge in [-0.2, -0.15) is 0 Å². The van der Waals surface area contributed by atoms with Crippen LogP contribution < -0.4 is 10.6 Å². The molecule has 0 fully saturated rings. The summed E-state index contributed by atoms with van der Waals surface area (Å²) in [4.78, 5) is 24.1. The lowest BCUT2D eigenvalue weighted by Crippen LogP contribution is -2.34. The summed E-state index contributed by atoms with van der Waals surface area (Å²) < 4.78 is 0. The van der Waals surface area contributed by atoms with Crippen molar-refractivity contribution in [2.75, 3.05) is 0 Å². The molecule has 2 unspecified atom stereocenters. The number of hydrogen-bond donors (Lipinski definition) is 2. The van der Waals surface area contributed by atoms with Gasteiger partial charge in [0.05, 0.1) is 18.5 Å². The van der Waals surface area contributed by atoms with Gasteiger partial charge < -0.3 is 10.6 Å². The minimum atomic E-state index is -0.393. The van der Waals surface area contributed by atoms with Gasteiger partial charge >= 0.3 is 0 Å². The summed E-state index contributed by atoms with van der Waals surface area (Å²) >= 11 is 12.0. The third kappa shape index (κ3) is 4.57. The number of hydrogen-bond acceptors (Lipinski definition) is 2. The van der Waals surface area contributed by atoms with Crippen LogP contribution in [0.25, 0.3) is 0 Å². The standard InChI is InChI=1S/C20H20Cl2N2O2/c1-12(25)23-19(13-2-5-15(21)6-3-13)11-20(26)24-18-9-4-14-10-16(22)7-8-17(14)18/h2-3,5-8,10,18-19H,4,9,11H2,1H3,(H,23,25)(H,24,26). The highest BCUT2D eigenvalue weighted by molar-refractivity contribution is 6.30. The molecule has 2 N–H and O–H groups in total. The van der Waals surface area contributed by atoms with E-state index in [-0.39, 0.29) is 24.3 Å². The van der Waals surface area contributed by atoms with Crippen molar-refractivity contribution in [2.24, 2.45) is 0 Å². The average Bonchev–Trinajstić information content (AvgIpc) is 2.96. The number of carbonyl (C=O) groups excluding carboxylic acids is 2. The quantitative estimate of drug-likeness (QED) is 0.796. The van der Waals surface area contributed by atoms with Crippen LogP contribution in [-0.4, -0.2) is 11.8 Å². The highest BCUT2D eigenvalue weighted by Crippen LogP contribution is 2.33. The van der Waals surface area contributed by atoms with E-state index in [2.05, 4.69) is 10.6 Å². The first kappa shape index (κ1) is 18.7. The number of rotatable bonds is 5. The van der Waals surface area contributed by atoms with Crippen molar-refractivity contribution < 1.29 is 9.59 Å². The normalized spacial score (nSPS) is 16.7. The van der Waals surface area contributed by atoms with Gasteiger partial charge in [-0.15, -0.1) is 0 Å². The summed E-state index contributed by atoms with van der Waals surface area (Å²) in [6, 6.07) is 12.5. The zero-order valence-corrected chi connectivity index (χ0v) is 15.9. The van der Waals surface area contributed by atoms with Gasteiger partial charge in [-0.05, 0) is 53.8 Å². The van der Waals surface area contributed by atoms with Crippen molar-refractivity contribution in [1.82, 2.24) is 10.6 Å². The minimum Gasteiger partial charge on any atom is -0.349 e. The van der Waals surface area contributed by atoms with E-state index in [1.807, 2.05) is 30.3 Å². The van der Waals surface area contributed by atoms with Crippen molar-refractivity contribution in [3.63, 3.8) is 0 Å². The molecule has 0 bridgehead atoms. The average molecular weight is 391 g/mol. The molecule has 0 saturated carbocycles. The predicted molar refractivity (Wildman–Crippen MR) is 103 cm³/mol. The summed E-state index contributed by atoms with van der Waals surface area (Å²) in [5, 5.41) is 7.24. The second-order valence-electron chi connectivity index (χ2n) is 6.51. The van der Waals surface area contributed by atoms with Gasteiger partial charge in [0, 0.05) is 17.0 Å². The van der Waals surface area contributed by atoms with Crippen LogP contribution in [0.5, 0.6) is 0 Å². The Bertz CT molecular complexity index is 821. The van der Waals surface area contributed by atoms with Crippen molar-refractivity contribution in [3.8, 4) is 0 Å². The zero-order chi connectivity index (χ0) is 18.7. The first-order chi connectivity index (χ1) is 12.4. The Hall–Kier alpha value is -2.04. The molecule has 6 heteroatoms. The summed E-state index contributed by atoms with van der Waals surface area (Å²) in [5.74, 6) is -0.287. The van der Waals surface area contributed by atoms with Crippen molar-refractivity contribution in [2.45, 2.75) is 38.3 Å². The first-order valence-electron chi connectivity index (χ1n) is 8.52. The molecule has 4 nitrogen and oxygen atoms in total. The second kappa shape index (κ2) is 8.11. The fourth-order valence-corrected chi connectivity index (χ4v) is 3.69. The van der Waals surface area contributed by atoms with E-state index in [0.29, 0.717) is 10.0 Å². The maximum Gasteiger partial charge on any atom is 0.222 e. The summed E-state index contributed by atoms with van der Waals surface area (Å²) in [6.45, 7) is 1.44. The Labute approximate surface area is 162 Å². The van der Waals surface area contributed by atoms with Crippen LogP contribution in [0, 0.1) is 0 Å². The molecule has 1 aliphatic rings. The second-order valence-corrected chi connectivity index (χ2v) is 7.38. The number of fused-ring (bicyclic) bond motifs is 1. The molecule has 0 spiro atoms. The van der Waals surface area contributed by atoms with Crippen LogP contribution in [0.3, 0.4) is 0 Å². The van der Waals surface area contributed by atoms with E-state index >= 15 is 0 Å². The molecular formula is C20H20Cl2N2O2. The third-order valence-electron chi connectivity index (χ3n) is 4.56. The maximum absolute atomic E-state index is 12.6. The number of carbonyl (C=O) groups is 2. The van der Waals surface area contributed by atoms with Gasteiger partial charge in [0.25, 0.3) is 0 Å². The molecule has 2 aromatic rings. The fraction of sp³-hybridized carbons (Fsp3) is 0.300. The van der Waals surface area contributed by atoms with Crippen LogP contribution in [0.15, 0.2) is 42.5 Å². The number of amides is 2. The van der Waals surface area contributed by atoms with Crippen LogP contribution in [0.2, 0.25) is 10.0 Å². The van der Waals surface area contributed by atoms with Gasteiger partial charge in [0.2, 0.25) is 11.8 Å². The molecular weight excluding hydrogens is 371 g/mol. The highest BCUT2D eigenvalue weighted by atomic mass is 35.5. The lowest BCUT2D eigenvalue weighted by molar-refractivity contribution is -0.123. The number of aryl methyl sites for hydroxylation is 1. The Morgan fingerprint density at radius 2 is 1.81 bits per heavy atom. The molecule has 0 heterocycles. The van der Waals surface area contributed by atoms with E-state index in [0.717, 1.165) is 24.0 Å². The van der Waals surface area contributed by atoms with Gasteiger partial charge in [0.1, 0.15) is 0 Å². The lowest BCUT2D eigenvalue weighted by Gasteiger charge is -2.20. The molecule has 3 rings (SSSR count). The van der Waals surface area contributed by atoms with Gasteiger partial charge in [-0.25, -0.2) is 0 Å². The lowest BCUT2D eigenvalue weighted by atomic mass is 10.0. The summed E-state index contributed by atoms with van der Waals surface area (Å²) in [6.07, 6.45) is 1.92. The minimum absolute atomic E-state index is 0.0158. The fourth-order valence-electron chi connectivity index (χ4n) is 3.37. The summed E-state index contributed by atoms with van der Waals surface area (Å²) in [7, 11) is 0. The predicted octanol–water partition coefficient (Wildman–Crippen LogP) is 4.36. The highest BCUT2D eigenvalue weighted by Gasteiger charge is 2.25. The largest absolute Gasteiger partial charge is 0.349 e. The molecule has 0 aliphatic heterocycles. The Morgan fingerprint density at radius 3 is 2.50 bits per heavy atom. The molecule has 0 saturated heterocycles. The topological polar surface area (TPSA) is 58.2 Å². The summed E-state index contributed by atoms with van der Waals surface area (Å²) in [5.41, 5.74) is 3.14. The molecule has 26 heavy (non-hydrogen) atoms. The number of benzene rings is 2. The van der Waals surface area contributed by atoms with E-state index in [4.69, 9.17) is 23.2 Å². The Morgan fingerprint density at radius 1 is 1.12 bits per heavy atom. The smallest absolute Gasteiger partial charge is 0.222 e. The van der Waals surface area contributed by atoms with E-state index < -0.39 is 6.04 Å². The van der Waals surface area contributed by atoms with E-state index in [1.165, 1.54) is 12.5 Å². The van der Waals surface area contributed by atoms with Crippen molar-refractivity contribution in [3.05, 3.63) is 69.2 Å². The molecule has 2 atom stereocenters. The van der Waals surface area contributed by atoms with Crippen LogP contribution in [0.4, 0.5) is 0 Å². The van der Waals surface area contributed by atoms with Crippen LogP contribution in [0.1, 0.15) is 48.5 Å². The first-order valence-corrected chi connectivity index (χ1v) is 9.28. The monoisotopic (exact) mass is 390 g/mol. The van der Waals surface area contributed by atoms with Crippen molar-refractivity contribution in [1.29, 1.82) is 0 Å². The van der Waals surface area contributed by atoms with Gasteiger partial charge in [-0.1, -0.05) is 41.4 Å². The maximum atomic E-state index is 12.6. The van der Waals surface area contributed by atoms with E-state index in [1.54, 1.807) is 12.1 Å². The molecule has 0 aromatic heterocycles. The van der Waals surface area contributed by atoms with Crippen LogP contribution >= 0.6 is 23.2 Å². The van der Waals surface area contributed by atoms with Crippen molar-refractivity contribution >= 4 is 35.0 Å². The van der Waals surface area contributed by atoms with Gasteiger partial charge in [-0.3, -0.25) is 9.59 Å². The molecule has 1 aliphatic carbocycles. The SMILES string of the molecule is CC(=O)NC(CC(=O)NC1CCc2cc(Cl)ccc21)c1ccc(Cl)cc1. The number of halogens is 2.